The average Bonchev–Trinajstić information content (AvgIpc) is 2.96. The van der Waals surface area contributed by atoms with Crippen molar-refractivity contribution < 1.29 is 38.3 Å². The van der Waals surface area contributed by atoms with Crippen LogP contribution in [0.1, 0.15) is 30.5 Å². The highest BCUT2D eigenvalue weighted by atomic mass is 16.5. The third-order valence-corrected chi connectivity index (χ3v) is 5.64. The van der Waals surface area contributed by atoms with E-state index in [9.17, 15) is 19.2 Å². The van der Waals surface area contributed by atoms with Gasteiger partial charge in [0.05, 0.1) is 27.9 Å². The van der Waals surface area contributed by atoms with E-state index in [4.69, 9.17) is 14.2 Å². The monoisotopic (exact) mass is 420 g/mol. The van der Waals surface area contributed by atoms with Crippen LogP contribution in [0.5, 0.6) is 11.5 Å². The fraction of sp³-hybridized carbons (Fsp3) is 0.500. The van der Waals surface area contributed by atoms with Gasteiger partial charge in [-0.25, -0.2) is 9.69 Å². The molecule has 3 rings (SSSR count). The second-order valence-electron chi connectivity index (χ2n) is 7.12. The zero-order valence-electron chi connectivity index (χ0n) is 17.5. The minimum Gasteiger partial charge on any atom is -0.493 e. The number of nitrogens with zero attached hydrogens (tertiary/aromatic N) is 2. The lowest BCUT2D eigenvalue weighted by atomic mass is 9.90. The number of amides is 4. The molecule has 10 nitrogen and oxygen atoms in total. The van der Waals surface area contributed by atoms with Gasteiger partial charge in [0, 0.05) is 18.5 Å². The third-order valence-electron chi connectivity index (χ3n) is 5.64. The third kappa shape index (κ3) is 3.70. The Kier molecular flexibility index (Phi) is 6.25. The summed E-state index contributed by atoms with van der Waals surface area (Å²) in [6.45, 7) is 2.30. The fourth-order valence-corrected chi connectivity index (χ4v) is 4.03. The van der Waals surface area contributed by atoms with Crippen molar-refractivity contribution in [3.63, 3.8) is 0 Å². The molecule has 1 fully saturated rings. The first-order valence-corrected chi connectivity index (χ1v) is 9.69. The maximum Gasteiger partial charge on any atom is 0.338 e. The second kappa shape index (κ2) is 8.70. The SMILES string of the molecule is CCN1C(=O)C(=O)N(C[NH+]2CCc3cc(OC)c(OC)cc3[C@@H]2CC(=O)OC)C1=O. The zero-order valence-corrected chi connectivity index (χ0v) is 17.5. The quantitative estimate of drug-likeness (QED) is 0.361. The predicted molar refractivity (Wildman–Crippen MR) is 103 cm³/mol. The van der Waals surface area contributed by atoms with Crippen LogP contribution in [0.25, 0.3) is 0 Å². The number of hydrogen-bond acceptors (Lipinski definition) is 7. The number of urea groups is 1. The van der Waals surface area contributed by atoms with Crippen molar-refractivity contribution in [2.45, 2.75) is 25.8 Å². The van der Waals surface area contributed by atoms with Crippen molar-refractivity contribution >= 4 is 23.8 Å². The molecule has 2 atom stereocenters. The Hall–Kier alpha value is -3.14. The van der Waals surface area contributed by atoms with E-state index in [2.05, 4.69) is 0 Å². The van der Waals surface area contributed by atoms with Gasteiger partial charge in [-0.15, -0.1) is 0 Å². The van der Waals surface area contributed by atoms with Gasteiger partial charge in [0.1, 0.15) is 12.5 Å². The van der Waals surface area contributed by atoms with E-state index in [0.29, 0.717) is 24.5 Å². The molecule has 0 bridgehead atoms. The first-order valence-electron chi connectivity index (χ1n) is 9.69. The number of imide groups is 2. The van der Waals surface area contributed by atoms with Crippen LogP contribution in [0.15, 0.2) is 12.1 Å². The molecule has 1 aromatic carbocycles. The summed E-state index contributed by atoms with van der Waals surface area (Å²) in [6, 6.07) is 2.68. The fourth-order valence-electron chi connectivity index (χ4n) is 4.03. The van der Waals surface area contributed by atoms with E-state index >= 15 is 0 Å². The van der Waals surface area contributed by atoms with Crippen molar-refractivity contribution in [3.8, 4) is 11.5 Å². The minimum atomic E-state index is -0.843. The van der Waals surface area contributed by atoms with Gasteiger partial charge in [-0.2, -0.15) is 0 Å². The topological polar surface area (TPSA) is 107 Å². The molecule has 4 amide bonds. The van der Waals surface area contributed by atoms with Crippen molar-refractivity contribution in [3.05, 3.63) is 23.3 Å². The largest absolute Gasteiger partial charge is 0.493 e. The molecule has 2 heterocycles. The molecule has 0 aliphatic carbocycles. The Morgan fingerprint density at radius 3 is 2.27 bits per heavy atom. The number of carbonyl (C=O) groups excluding carboxylic acids is 4. The van der Waals surface area contributed by atoms with E-state index in [-0.39, 0.29) is 25.7 Å². The molecule has 0 radical (unpaired) electrons. The highest BCUT2D eigenvalue weighted by Gasteiger charge is 2.47. The predicted octanol–water partition coefficient (Wildman–Crippen LogP) is -0.483. The molecule has 1 aromatic rings. The number of rotatable bonds is 7. The van der Waals surface area contributed by atoms with Gasteiger partial charge in [0.15, 0.2) is 18.2 Å². The summed E-state index contributed by atoms with van der Waals surface area (Å²) >= 11 is 0. The van der Waals surface area contributed by atoms with E-state index in [0.717, 1.165) is 25.8 Å². The molecule has 1 unspecified atom stereocenters. The minimum absolute atomic E-state index is 0.0185. The molecule has 0 aromatic heterocycles. The molecule has 10 heteroatoms. The maximum absolute atomic E-state index is 12.5. The molecule has 30 heavy (non-hydrogen) atoms. The number of carbonyl (C=O) groups is 4. The van der Waals surface area contributed by atoms with Crippen LogP contribution in [0.3, 0.4) is 0 Å². The molecule has 1 N–H and O–H groups in total. The second-order valence-corrected chi connectivity index (χ2v) is 7.12. The first-order chi connectivity index (χ1) is 14.4. The van der Waals surface area contributed by atoms with Crippen molar-refractivity contribution in [1.29, 1.82) is 0 Å². The van der Waals surface area contributed by atoms with Crippen molar-refractivity contribution in [2.24, 2.45) is 0 Å². The number of fused-ring (bicyclic) bond motifs is 1. The van der Waals surface area contributed by atoms with Crippen molar-refractivity contribution in [1.82, 2.24) is 9.80 Å². The molecule has 1 saturated heterocycles. The van der Waals surface area contributed by atoms with Crippen LogP contribution in [-0.4, -0.2) is 74.7 Å². The normalized spacial score (nSPS) is 21.0. The van der Waals surface area contributed by atoms with Gasteiger partial charge in [0.2, 0.25) is 0 Å². The number of nitrogens with one attached hydrogen (secondary N) is 1. The lowest BCUT2D eigenvalue weighted by molar-refractivity contribution is -0.940. The van der Waals surface area contributed by atoms with Gasteiger partial charge in [-0.3, -0.25) is 19.3 Å². The van der Waals surface area contributed by atoms with Crippen LogP contribution in [0, 0.1) is 0 Å². The summed E-state index contributed by atoms with van der Waals surface area (Å²) in [5, 5.41) is 0. The number of benzene rings is 1. The number of hydrogen-bond donors (Lipinski definition) is 1. The molecular formula is C20H26N3O7+. The standard InChI is InChI=1S/C20H25N3O7/c1-5-22-18(25)19(26)23(20(22)27)11-21-7-6-12-8-15(28-2)16(29-3)9-13(12)14(21)10-17(24)30-4/h8-9,14H,5-7,10-11H2,1-4H3/p+1/t14-/m0/s1. The lowest BCUT2D eigenvalue weighted by Crippen LogP contribution is -3.15. The summed E-state index contributed by atoms with van der Waals surface area (Å²) in [4.78, 5) is 51.7. The number of ether oxygens (including phenoxy) is 3. The first kappa shape index (κ1) is 21.6. The molecule has 2 aliphatic heterocycles. The molecule has 2 aliphatic rings. The lowest BCUT2D eigenvalue weighted by Gasteiger charge is -2.35. The van der Waals surface area contributed by atoms with Crippen LogP contribution >= 0.6 is 0 Å². The maximum atomic E-state index is 12.5. The van der Waals surface area contributed by atoms with Gasteiger partial charge < -0.3 is 19.1 Å². The van der Waals surface area contributed by atoms with Gasteiger partial charge in [-0.05, 0) is 24.6 Å². The van der Waals surface area contributed by atoms with Crippen LogP contribution in [-0.2, 0) is 25.5 Å². The summed E-state index contributed by atoms with van der Waals surface area (Å²) in [7, 11) is 4.39. The average molecular weight is 420 g/mol. The highest BCUT2D eigenvalue weighted by Crippen LogP contribution is 2.35. The Morgan fingerprint density at radius 1 is 1.07 bits per heavy atom. The van der Waals surface area contributed by atoms with Crippen LogP contribution < -0.4 is 14.4 Å². The Labute approximate surface area is 174 Å². The Bertz CT molecular complexity index is 885. The Morgan fingerprint density at radius 2 is 1.70 bits per heavy atom. The van der Waals surface area contributed by atoms with Crippen LogP contribution in [0.4, 0.5) is 4.79 Å². The summed E-state index contributed by atoms with van der Waals surface area (Å²) in [5.41, 5.74) is 1.85. The van der Waals surface area contributed by atoms with E-state index in [1.54, 1.807) is 14.0 Å². The van der Waals surface area contributed by atoms with E-state index < -0.39 is 23.8 Å². The van der Waals surface area contributed by atoms with Gasteiger partial charge in [-0.1, -0.05) is 0 Å². The summed E-state index contributed by atoms with van der Waals surface area (Å²) in [5.74, 6) is -0.969. The molecule has 0 saturated carbocycles. The molecule has 162 valence electrons. The molecule has 0 spiro atoms. The number of esters is 1. The smallest absolute Gasteiger partial charge is 0.338 e. The highest BCUT2D eigenvalue weighted by molar-refractivity contribution is 6.44. The summed E-state index contributed by atoms with van der Waals surface area (Å²) in [6.07, 6.45) is 0.695. The van der Waals surface area contributed by atoms with Gasteiger partial charge >= 0.3 is 23.8 Å². The zero-order chi connectivity index (χ0) is 22.0. The van der Waals surface area contributed by atoms with E-state index in [1.807, 2.05) is 12.1 Å². The summed E-state index contributed by atoms with van der Waals surface area (Å²) < 4.78 is 15.6. The van der Waals surface area contributed by atoms with Gasteiger partial charge in [0.25, 0.3) is 0 Å². The van der Waals surface area contributed by atoms with Crippen molar-refractivity contribution in [2.75, 3.05) is 41.1 Å². The van der Waals surface area contributed by atoms with Crippen LogP contribution in [0.2, 0.25) is 0 Å². The number of quaternary nitrogens is 1. The Balaban J connectivity index is 1.95. The van der Waals surface area contributed by atoms with E-state index in [1.165, 1.54) is 14.2 Å². The number of likely N-dealkylation sites (N-methyl/N-ethyl adjacent to an activating group) is 1. The molecular weight excluding hydrogens is 394 g/mol. The number of methoxy groups -OCH3 is 3.